The lowest BCUT2D eigenvalue weighted by atomic mass is 10.1. The summed E-state index contributed by atoms with van der Waals surface area (Å²) < 4.78 is 1.17. The Kier molecular flexibility index (Phi) is 7.70. The number of aryl methyl sites for hydroxylation is 2. The summed E-state index contributed by atoms with van der Waals surface area (Å²) in [5, 5.41) is 0.816. The molecule has 0 spiro atoms. The first kappa shape index (κ1) is 21.8. The minimum absolute atomic E-state index is 0.161. The van der Waals surface area contributed by atoms with Gasteiger partial charge >= 0.3 is 0 Å². The second kappa shape index (κ2) is 10.2. The zero-order chi connectivity index (χ0) is 20.8. The fourth-order valence-corrected chi connectivity index (χ4v) is 5.11. The lowest BCUT2D eigenvalue weighted by molar-refractivity contribution is -0.118. The molecule has 1 aromatic heterocycles. The minimum atomic E-state index is 0.161. The standard InChI is InChI=1S/C23H29N3OS2/c1-17-15-18(2)22-20(16-17)24-23(29-22)26(13-12-25(3)4)21(27)11-8-14-28-19-9-6-5-7-10-19/h5-7,9-10,15-16H,8,11-14H2,1-4H3. The Hall–Kier alpha value is -1.89. The van der Waals surface area contributed by atoms with Crippen molar-refractivity contribution in [1.29, 1.82) is 0 Å². The van der Waals surface area contributed by atoms with Gasteiger partial charge < -0.3 is 4.90 Å². The van der Waals surface area contributed by atoms with E-state index >= 15 is 0 Å². The van der Waals surface area contributed by atoms with Crippen molar-refractivity contribution in [2.24, 2.45) is 0 Å². The zero-order valence-corrected chi connectivity index (χ0v) is 19.3. The molecule has 6 heteroatoms. The zero-order valence-electron chi connectivity index (χ0n) is 17.6. The number of amides is 1. The average molecular weight is 428 g/mol. The van der Waals surface area contributed by atoms with E-state index in [9.17, 15) is 4.79 Å². The number of aromatic nitrogens is 1. The SMILES string of the molecule is Cc1cc(C)c2sc(N(CCN(C)C)C(=O)CCCSc3ccccc3)nc2c1. The number of fused-ring (bicyclic) bond motifs is 1. The molecule has 2 aromatic carbocycles. The van der Waals surface area contributed by atoms with Gasteiger partial charge in [-0.05, 0) is 69.4 Å². The van der Waals surface area contributed by atoms with Crippen LogP contribution in [0, 0.1) is 13.8 Å². The van der Waals surface area contributed by atoms with Crippen molar-refractivity contribution in [2.75, 3.05) is 37.8 Å². The summed E-state index contributed by atoms with van der Waals surface area (Å²) in [6.07, 6.45) is 1.40. The largest absolute Gasteiger partial charge is 0.308 e. The quantitative estimate of drug-likeness (QED) is 0.339. The maximum absolute atomic E-state index is 13.1. The van der Waals surface area contributed by atoms with E-state index in [0.717, 1.165) is 29.4 Å². The Morgan fingerprint density at radius 2 is 1.86 bits per heavy atom. The van der Waals surface area contributed by atoms with E-state index in [-0.39, 0.29) is 5.91 Å². The van der Waals surface area contributed by atoms with Gasteiger partial charge in [0, 0.05) is 24.4 Å². The van der Waals surface area contributed by atoms with Crippen molar-refractivity contribution in [3.05, 3.63) is 53.6 Å². The third-order valence-corrected chi connectivity index (χ3v) is 6.99. The van der Waals surface area contributed by atoms with Gasteiger partial charge in [-0.3, -0.25) is 9.69 Å². The van der Waals surface area contributed by atoms with Gasteiger partial charge in [-0.2, -0.15) is 0 Å². The number of thioether (sulfide) groups is 1. The van der Waals surface area contributed by atoms with Gasteiger partial charge in [-0.25, -0.2) is 4.98 Å². The Morgan fingerprint density at radius 3 is 2.59 bits per heavy atom. The first-order valence-corrected chi connectivity index (χ1v) is 11.7. The van der Waals surface area contributed by atoms with Crippen molar-refractivity contribution in [3.8, 4) is 0 Å². The van der Waals surface area contributed by atoms with E-state index in [1.807, 2.05) is 37.2 Å². The second-order valence-corrected chi connectivity index (χ2v) is 9.69. The van der Waals surface area contributed by atoms with Gasteiger partial charge in [-0.15, -0.1) is 11.8 Å². The molecule has 0 fully saturated rings. The number of benzene rings is 2. The summed E-state index contributed by atoms with van der Waals surface area (Å²) in [7, 11) is 4.07. The molecule has 0 radical (unpaired) electrons. The summed E-state index contributed by atoms with van der Waals surface area (Å²) in [6, 6.07) is 14.6. The lowest BCUT2D eigenvalue weighted by Gasteiger charge is -2.22. The maximum Gasteiger partial charge on any atom is 0.228 e. The van der Waals surface area contributed by atoms with Gasteiger partial charge in [0.25, 0.3) is 0 Å². The molecule has 3 aromatic rings. The first-order valence-electron chi connectivity index (χ1n) is 9.95. The van der Waals surface area contributed by atoms with Crippen LogP contribution in [0.1, 0.15) is 24.0 Å². The van der Waals surface area contributed by atoms with E-state index < -0.39 is 0 Å². The van der Waals surface area contributed by atoms with Crippen LogP contribution >= 0.6 is 23.1 Å². The van der Waals surface area contributed by atoms with Gasteiger partial charge in [0.2, 0.25) is 5.91 Å². The summed E-state index contributed by atoms with van der Waals surface area (Å²) in [6.45, 7) is 5.68. The predicted molar refractivity (Wildman–Crippen MR) is 126 cm³/mol. The number of hydrogen-bond donors (Lipinski definition) is 0. The second-order valence-electron chi connectivity index (χ2n) is 7.54. The van der Waals surface area contributed by atoms with Gasteiger partial charge in [0.15, 0.2) is 5.13 Å². The van der Waals surface area contributed by atoms with E-state index in [2.05, 4.69) is 43.0 Å². The summed E-state index contributed by atoms with van der Waals surface area (Å²) in [5.74, 6) is 1.10. The van der Waals surface area contributed by atoms with E-state index in [4.69, 9.17) is 4.98 Å². The maximum atomic E-state index is 13.1. The van der Waals surface area contributed by atoms with Crippen LogP contribution in [0.25, 0.3) is 10.2 Å². The van der Waals surface area contributed by atoms with Crippen molar-refractivity contribution in [2.45, 2.75) is 31.6 Å². The third kappa shape index (κ3) is 6.04. The number of carbonyl (C=O) groups is 1. The Labute approximate surface area is 181 Å². The highest BCUT2D eigenvalue weighted by Crippen LogP contribution is 2.32. The van der Waals surface area contributed by atoms with Gasteiger partial charge in [0.1, 0.15) is 0 Å². The molecule has 4 nitrogen and oxygen atoms in total. The lowest BCUT2D eigenvalue weighted by Crippen LogP contribution is -2.36. The molecule has 0 aliphatic heterocycles. The molecule has 0 saturated heterocycles. The Bertz CT molecular complexity index is 953. The van der Waals surface area contributed by atoms with Crippen molar-refractivity contribution in [3.63, 3.8) is 0 Å². The van der Waals surface area contributed by atoms with E-state index in [1.54, 1.807) is 23.1 Å². The van der Waals surface area contributed by atoms with Crippen molar-refractivity contribution >= 4 is 44.4 Å². The topological polar surface area (TPSA) is 36.4 Å². The summed E-state index contributed by atoms with van der Waals surface area (Å²) in [5.41, 5.74) is 3.42. The van der Waals surface area contributed by atoms with Gasteiger partial charge in [0.05, 0.1) is 10.2 Å². The van der Waals surface area contributed by atoms with Crippen LogP contribution in [0.15, 0.2) is 47.4 Å². The number of nitrogens with zero attached hydrogens (tertiary/aromatic N) is 3. The average Bonchev–Trinajstić information content (AvgIpc) is 3.10. The molecule has 1 amide bonds. The van der Waals surface area contributed by atoms with E-state index in [1.165, 1.54) is 20.7 Å². The van der Waals surface area contributed by atoms with Crippen LogP contribution in [0.4, 0.5) is 5.13 Å². The monoisotopic (exact) mass is 427 g/mol. The van der Waals surface area contributed by atoms with E-state index in [0.29, 0.717) is 13.0 Å². The van der Waals surface area contributed by atoms with Crippen LogP contribution in [0.2, 0.25) is 0 Å². The molecule has 0 aliphatic carbocycles. The molecule has 0 atom stereocenters. The molecular weight excluding hydrogens is 398 g/mol. The molecule has 0 N–H and O–H groups in total. The van der Waals surface area contributed by atoms with Crippen molar-refractivity contribution < 1.29 is 4.79 Å². The highest BCUT2D eigenvalue weighted by Gasteiger charge is 2.20. The van der Waals surface area contributed by atoms with Gasteiger partial charge in [-0.1, -0.05) is 35.6 Å². The minimum Gasteiger partial charge on any atom is -0.308 e. The molecule has 0 unspecified atom stereocenters. The van der Waals surface area contributed by atoms with Crippen LogP contribution in [-0.2, 0) is 4.79 Å². The molecule has 0 aliphatic rings. The predicted octanol–water partition coefficient (Wildman–Crippen LogP) is 5.38. The van der Waals surface area contributed by atoms with Crippen molar-refractivity contribution in [1.82, 2.24) is 9.88 Å². The third-order valence-electron chi connectivity index (χ3n) is 4.66. The molecule has 3 rings (SSSR count). The number of thiazole rings is 1. The molecule has 29 heavy (non-hydrogen) atoms. The Balaban J connectivity index is 1.69. The molecule has 1 heterocycles. The number of likely N-dealkylation sites (N-methyl/N-ethyl adjacent to an activating group) is 1. The molecule has 0 bridgehead atoms. The van der Waals surface area contributed by atoms with Crippen LogP contribution < -0.4 is 4.90 Å². The molecule has 154 valence electrons. The highest BCUT2D eigenvalue weighted by atomic mass is 32.2. The normalized spacial score (nSPS) is 11.3. The fourth-order valence-electron chi connectivity index (χ4n) is 3.17. The number of carbonyl (C=O) groups excluding carboxylic acids is 1. The highest BCUT2D eigenvalue weighted by molar-refractivity contribution is 7.99. The number of rotatable bonds is 9. The summed E-state index contributed by atoms with van der Waals surface area (Å²) in [4.78, 5) is 23.1. The fraction of sp³-hybridized carbons (Fsp3) is 0.391. The first-order chi connectivity index (χ1) is 13.9. The smallest absolute Gasteiger partial charge is 0.228 e. The molecule has 0 saturated carbocycles. The van der Waals surface area contributed by atoms with Crippen LogP contribution in [-0.4, -0.2) is 48.7 Å². The number of hydrogen-bond acceptors (Lipinski definition) is 5. The molecular formula is C23H29N3OS2. The number of anilines is 1. The summed E-state index contributed by atoms with van der Waals surface area (Å²) >= 11 is 3.43. The Morgan fingerprint density at radius 1 is 1.10 bits per heavy atom. The van der Waals surface area contributed by atoms with Crippen LogP contribution in [0.3, 0.4) is 0 Å². The van der Waals surface area contributed by atoms with Crippen LogP contribution in [0.5, 0.6) is 0 Å².